The third-order valence-corrected chi connectivity index (χ3v) is 13.6. The monoisotopic (exact) mass is 715 g/mol. The zero-order valence-electron chi connectivity index (χ0n) is 27.7. The highest BCUT2D eigenvalue weighted by Crippen LogP contribution is 2.71. The molecule has 1 unspecified atom stereocenters. The summed E-state index contributed by atoms with van der Waals surface area (Å²) in [6.45, 7) is 9.04. The van der Waals surface area contributed by atoms with Gasteiger partial charge in [0.05, 0.1) is 34.6 Å². The van der Waals surface area contributed by atoms with Crippen molar-refractivity contribution in [3.05, 3.63) is 140 Å². The molecule has 3 aromatic carbocycles. The summed E-state index contributed by atoms with van der Waals surface area (Å²) in [5.74, 6) is -0.268. The summed E-state index contributed by atoms with van der Waals surface area (Å²) in [7, 11) is -2.04. The maximum Gasteiger partial charge on any atom is 0.414 e. The van der Waals surface area contributed by atoms with Crippen molar-refractivity contribution in [1.82, 2.24) is 9.88 Å². The molecule has 254 valence electrons. The molecule has 8 nitrogen and oxygen atoms in total. The van der Waals surface area contributed by atoms with Gasteiger partial charge in [0.2, 0.25) is 0 Å². The Morgan fingerprint density at radius 3 is 2.22 bits per heavy atom. The summed E-state index contributed by atoms with van der Waals surface area (Å²) in [6, 6.07) is 33.0. The van der Waals surface area contributed by atoms with Crippen LogP contribution in [0.3, 0.4) is 0 Å². The molecule has 0 saturated carbocycles. The van der Waals surface area contributed by atoms with Gasteiger partial charge in [-0.05, 0) is 100.0 Å². The first-order valence-electron chi connectivity index (χ1n) is 15.9. The van der Waals surface area contributed by atoms with E-state index in [1.165, 1.54) is 16.2 Å². The molecule has 2 aromatic heterocycles. The second kappa shape index (κ2) is 14.2. The van der Waals surface area contributed by atoms with Crippen molar-refractivity contribution in [2.75, 3.05) is 18.0 Å². The molecular weight excluding hydrogens is 678 g/mol. The second-order valence-corrected chi connectivity index (χ2v) is 17.9. The molecule has 3 heterocycles. The van der Waals surface area contributed by atoms with Crippen molar-refractivity contribution in [1.29, 1.82) is 0 Å². The SMILES string of the molecule is Cc1cc(N2CC(CNC(=O)c3ccc(Cl)s3)OC2=O)ccc1-n1cccc(COS(c2ccccc2)(c2ccccc2)C(C)(C)C)c1=O. The van der Waals surface area contributed by atoms with E-state index in [4.69, 9.17) is 20.5 Å². The van der Waals surface area contributed by atoms with E-state index in [-0.39, 0.29) is 35.9 Å². The lowest BCUT2D eigenvalue weighted by atomic mass is 10.1. The van der Waals surface area contributed by atoms with Crippen molar-refractivity contribution in [2.45, 2.75) is 54.9 Å². The van der Waals surface area contributed by atoms with E-state index in [2.05, 4.69) is 50.4 Å². The number of amides is 2. The highest BCUT2D eigenvalue weighted by atomic mass is 35.5. The fourth-order valence-electron chi connectivity index (χ4n) is 6.02. The van der Waals surface area contributed by atoms with Gasteiger partial charge in [-0.15, -0.1) is 11.3 Å². The van der Waals surface area contributed by atoms with Crippen LogP contribution in [0.1, 0.15) is 41.6 Å². The van der Waals surface area contributed by atoms with E-state index >= 15 is 0 Å². The molecule has 11 heteroatoms. The first-order chi connectivity index (χ1) is 23.5. The fraction of sp³-hybridized carbons (Fsp3) is 0.237. The fourth-order valence-corrected chi connectivity index (χ4v) is 10.7. The van der Waals surface area contributed by atoms with E-state index < -0.39 is 22.5 Å². The van der Waals surface area contributed by atoms with E-state index in [0.29, 0.717) is 26.2 Å². The lowest BCUT2D eigenvalue weighted by Gasteiger charge is -2.50. The zero-order chi connectivity index (χ0) is 34.8. The Hall–Kier alpha value is -4.35. The quantitative estimate of drug-likeness (QED) is 0.156. The minimum atomic E-state index is -2.04. The van der Waals surface area contributed by atoms with Gasteiger partial charge in [0, 0.05) is 32.0 Å². The first-order valence-corrected chi connectivity index (χ1v) is 18.6. The van der Waals surface area contributed by atoms with E-state index in [9.17, 15) is 14.4 Å². The topological polar surface area (TPSA) is 89.9 Å². The molecule has 1 aliphatic rings. The summed E-state index contributed by atoms with van der Waals surface area (Å²) in [5, 5.41) is 2.81. The van der Waals surface area contributed by atoms with Crippen molar-refractivity contribution >= 4 is 50.9 Å². The highest BCUT2D eigenvalue weighted by Gasteiger charge is 2.41. The van der Waals surface area contributed by atoms with E-state index in [1.54, 1.807) is 29.0 Å². The molecule has 0 radical (unpaired) electrons. The molecule has 0 spiro atoms. The number of hydrogen-bond acceptors (Lipinski definition) is 6. The van der Waals surface area contributed by atoms with Crippen LogP contribution >= 0.6 is 33.2 Å². The number of benzene rings is 3. The van der Waals surface area contributed by atoms with Crippen LogP contribution < -0.4 is 15.8 Å². The zero-order valence-corrected chi connectivity index (χ0v) is 30.1. The predicted molar refractivity (Wildman–Crippen MR) is 198 cm³/mol. The Bertz CT molecular complexity index is 1990. The van der Waals surface area contributed by atoms with Gasteiger partial charge in [0.15, 0.2) is 0 Å². The minimum absolute atomic E-state index is 0.129. The van der Waals surface area contributed by atoms with Crippen molar-refractivity contribution in [3.63, 3.8) is 0 Å². The number of nitrogens with one attached hydrogen (secondary N) is 1. The van der Waals surface area contributed by atoms with Gasteiger partial charge in [0.1, 0.15) is 6.10 Å². The molecule has 49 heavy (non-hydrogen) atoms. The number of nitrogens with zero attached hydrogens (tertiary/aromatic N) is 2. The van der Waals surface area contributed by atoms with E-state index in [1.807, 2.05) is 67.6 Å². The lowest BCUT2D eigenvalue weighted by molar-refractivity contribution is 0.0920. The summed E-state index contributed by atoms with van der Waals surface area (Å²) in [4.78, 5) is 43.4. The molecule has 1 aliphatic heterocycles. The summed E-state index contributed by atoms with van der Waals surface area (Å²) in [6.07, 6.45) is 0.735. The van der Waals surface area contributed by atoms with Gasteiger partial charge in [0.25, 0.3) is 11.5 Å². The number of anilines is 1. The molecule has 6 rings (SSSR count). The summed E-state index contributed by atoms with van der Waals surface area (Å²) < 4.78 is 14.4. The average Bonchev–Trinajstić information content (AvgIpc) is 3.70. The largest absolute Gasteiger partial charge is 0.442 e. The number of pyridine rings is 1. The lowest BCUT2D eigenvalue weighted by Crippen LogP contribution is -2.34. The van der Waals surface area contributed by atoms with Gasteiger partial charge in [-0.25, -0.2) is 4.79 Å². The average molecular weight is 716 g/mol. The number of carbonyl (C=O) groups is 2. The third kappa shape index (κ3) is 7.05. The van der Waals surface area contributed by atoms with Gasteiger partial charge in [-0.3, -0.25) is 19.1 Å². The number of cyclic esters (lactones) is 1. The van der Waals surface area contributed by atoms with Gasteiger partial charge in [-0.2, -0.15) is 0 Å². The number of aromatic nitrogens is 1. The minimum Gasteiger partial charge on any atom is -0.442 e. The highest BCUT2D eigenvalue weighted by molar-refractivity contribution is 8.31. The van der Waals surface area contributed by atoms with Crippen LogP contribution in [0.25, 0.3) is 5.69 Å². The molecule has 0 aliphatic carbocycles. The number of carbonyl (C=O) groups excluding carboxylic acids is 2. The number of halogens is 1. The van der Waals surface area contributed by atoms with Crippen molar-refractivity contribution in [2.24, 2.45) is 0 Å². The molecule has 1 fully saturated rings. The van der Waals surface area contributed by atoms with Crippen LogP contribution in [-0.2, 0) is 15.5 Å². The molecule has 1 atom stereocenters. The Morgan fingerprint density at radius 2 is 1.63 bits per heavy atom. The standard InChI is InChI=1S/C38H38ClN3O5S2/c1-26-22-28(42-24-29(47-37(42)45)23-40-35(43)33-19-20-34(39)48-33)17-18-32(26)41-21-11-12-27(36(41)44)25-46-49(38(2,3)4,30-13-7-5-8-14-30)31-15-9-6-10-16-31/h5-22,29H,23-25H2,1-4H3,(H,40,43). The molecular formula is C38H38ClN3O5S2. The number of hydrogen-bond donors (Lipinski definition) is 1. The Labute approximate surface area is 296 Å². The number of aryl methyl sites for hydroxylation is 1. The Morgan fingerprint density at radius 1 is 0.959 bits per heavy atom. The number of ether oxygens (including phenoxy) is 1. The van der Waals surface area contributed by atoms with Gasteiger partial charge < -0.3 is 14.2 Å². The maximum atomic E-state index is 14.0. The first kappa shape index (κ1) is 34.5. The molecule has 2 amide bonds. The van der Waals surface area contributed by atoms with Crippen molar-refractivity contribution in [3.8, 4) is 5.69 Å². The maximum absolute atomic E-state index is 14.0. The van der Waals surface area contributed by atoms with Gasteiger partial charge in [-0.1, -0.05) is 58.3 Å². The number of rotatable bonds is 10. The third-order valence-electron chi connectivity index (χ3n) is 8.34. The number of thiophene rings is 1. The normalized spacial score (nSPS) is 15.2. The summed E-state index contributed by atoms with van der Waals surface area (Å²) >= 11 is 7.13. The Kier molecular flexibility index (Phi) is 10.0. The van der Waals surface area contributed by atoms with Crippen LogP contribution in [0.15, 0.2) is 124 Å². The molecule has 1 N–H and O–H groups in total. The summed E-state index contributed by atoms with van der Waals surface area (Å²) in [5.41, 5.74) is 2.51. The van der Waals surface area contributed by atoms with Crippen LogP contribution in [-0.4, -0.2) is 40.5 Å². The van der Waals surface area contributed by atoms with Crippen LogP contribution in [0.4, 0.5) is 10.5 Å². The second-order valence-electron chi connectivity index (χ2n) is 12.7. The van der Waals surface area contributed by atoms with Crippen molar-refractivity contribution < 1.29 is 18.5 Å². The molecule has 1 saturated heterocycles. The van der Waals surface area contributed by atoms with Gasteiger partial charge >= 0.3 is 6.09 Å². The smallest absolute Gasteiger partial charge is 0.414 e. The Balaban J connectivity index is 1.21. The van der Waals surface area contributed by atoms with Crippen LogP contribution in [0.2, 0.25) is 4.34 Å². The van der Waals surface area contributed by atoms with E-state index in [0.717, 1.165) is 15.4 Å². The van der Waals surface area contributed by atoms with Crippen LogP contribution in [0.5, 0.6) is 0 Å². The van der Waals surface area contributed by atoms with Crippen LogP contribution in [0, 0.1) is 6.92 Å². The molecule has 0 bridgehead atoms. The molecule has 5 aromatic rings. The predicted octanol–water partition coefficient (Wildman–Crippen LogP) is 8.77.